The molecule has 1 unspecified atom stereocenters. The highest BCUT2D eigenvalue weighted by molar-refractivity contribution is 5.56. The predicted octanol–water partition coefficient (Wildman–Crippen LogP) is 2.86. The van der Waals surface area contributed by atoms with Crippen LogP contribution in [0.2, 0.25) is 0 Å². The minimum atomic E-state index is -0.583. The lowest BCUT2D eigenvalue weighted by atomic mass is 9.64. The van der Waals surface area contributed by atoms with E-state index >= 15 is 0 Å². The van der Waals surface area contributed by atoms with Crippen LogP contribution in [0.1, 0.15) is 24.6 Å². The molecule has 3 heterocycles. The molecule has 0 radical (unpaired) electrons. The zero-order chi connectivity index (χ0) is 15.9. The van der Waals surface area contributed by atoms with E-state index in [-0.39, 0.29) is 17.2 Å². The molecule has 1 spiro atoms. The van der Waals surface area contributed by atoms with Crippen LogP contribution in [0.5, 0.6) is 5.75 Å². The van der Waals surface area contributed by atoms with Crippen LogP contribution in [-0.2, 0) is 0 Å². The van der Waals surface area contributed by atoms with Crippen LogP contribution in [0.15, 0.2) is 42.6 Å². The summed E-state index contributed by atoms with van der Waals surface area (Å²) >= 11 is 0. The molecule has 4 nitrogen and oxygen atoms in total. The highest BCUT2D eigenvalue weighted by Gasteiger charge is 2.54. The van der Waals surface area contributed by atoms with Gasteiger partial charge in [-0.05, 0) is 50.2 Å². The predicted molar refractivity (Wildman–Crippen MR) is 86.9 cm³/mol. The van der Waals surface area contributed by atoms with Crippen molar-refractivity contribution >= 4 is 5.69 Å². The van der Waals surface area contributed by atoms with Gasteiger partial charge >= 0.3 is 0 Å². The number of pyridine rings is 1. The molecule has 0 amide bonds. The Bertz CT molecular complexity index is 701. The first-order valence-corrected chi connectivity index (χ1v) is 8.06. The lowest BCUT2D eigenvalue weighted by Crippen LogP contribution is -2.62. The van der Waals surface area contributed by atoms with Crippen molar-refractivity contribution in [1.82, 2.24) is 10.3 Å². The van der Waals surface area contributed by atoms with Crippen molar-refractivity contribution in [3.8, 4) is 5.75 Å². The van der Waals surface area contributed by atoms with Crippen molar-refractivity contribution in [3.63, 3.8) is 0 Å². The maximum atomic E-state index is 13.4. The number of phenols is 1. The number of hydrogen-bond acceptors (Lipinski definition) is 4. The fourth-order valence-corrected chi connectivity index (χ4v) is 4.02. The molecule has 1 atom stereocenters. The van der Waals surface area contributed by atoms with Gasteiger partial charge in [-0.3, -0.25) is 4.98 Å². The Morgan fingerprint density at radius 1 is 1.22 bits per heavy atom. The average molecular weight is 313 g/mol. The Labute approximate surface area is 135 Å². The standard InChI is InChI=1S/C18H20FN3O/c19-14-5-4-13(11-16(14)23)22-12-18(6-9-20-10-7-18)17(22)15-3-1-2-8-21-15/h1-5,8,11,17,20,23H,6-7,9-10,12H2. The van der Waals surface area contributed by atoms with E-state index in [1.54, 1.807) is 6.07 Å². The summed E-state index contributed by atoms with van der Waals surface area (Å²) in [4.78, 5) is 6.80. The molecule has 2 N–H and O–H groups in total. The normalized spacial score (nSPS) is 22.8. The van der Waals surface area contributed by atoms with E-state index in [0.717, 1.165) is 43.9 Å². The van der Waals surface area contributed by atoms with Gasteiger partial charge in [0.25, 0.3) is 0 Å². The number of benzene rings is 1. The monoisotopic (exact) mass is 313 g/mol. The molecule has 2 saturated heterocycles. The van der Waals surface area contributed by atoms with Gasteiger partial charge in [-0.15, -0.1) is 0 Å². The van der Waals surface area contributed by atoms with Gasteiger partial charge in [0, 0.05) is 29.9 Å². The number of aromatic nitrogens is 1. The molecule has 1 aromatic heterocycles. The van der Waals surface area contributed by atoms with Gasteiger partial charge in [0.15, 0.2) is 11.6 Å². The smallest absolute Gasteiger partial charge is 0.164 e. The number of rotatable bonds is 2. The number of phenolic OH excluding ortho intramolecular Hbond substituents is 1. The lowest BCUT2D eigenvalue weighted by molar-refractivity contribution is 0.0792. The quantitative estimate of drug-likeness (QED) is 0.895. The summed E-state index contributed by atoms with van der Waals surface area (Å²) in [5.41, 5.74) is 2.11. The fourth-order valence-electron chi connectivity index (χ4n) is 4.02. The topological polar surface area (TPSA) is 48.4 Å². The van der Waals surface area contributed by atoms with Crippen LogP contribution in [0, 0.1) is 11.2 Å². The Balaban J connectivity index is 1.71. The molecule has 4 rings (SSSR count). The highest BCUT2D eigenvalue weighted by Crippen LogP contribution is 2.55. The van der Waals surface area contributed by atoms with Crippen LogP contribution >= 0.6 is 0 Å². The van der Waals surface area contributed by atoms with Crippen LogP contribution in [-0.4, -0.2) is 29.7 Å². The second-order valence-corrected chi connectivity index (χ2v) is 6.53. The SMILES string of the molecule is Oc1cc(N2CC3(CCNCC3)C2c2ccccn2)ccc1F. The van der Waals surface area contributed by atoms with E-state index in [1.165, 1.54) is 12.1 Å². The molecule has 120 valence electrons. The summed E-state index contributed by atoms with van der Waals surface area (Å²) in [6.07, 6.45) is 4.04. The number of nitrogens with one attached hydrogen (secondary N) is 1. The largest absolute Gasteiger partial charge is 0.505 e. The molecular formula is C18H20FN3O. The fraction of sp³-hybridized carbons (Fsp3) is 0.389. The first kappa shape index (κ1) is 14.5. The Kier molecular flexibility index (Phi) is 3.45. The summed E-state index contributed by atoms with van der Waals surface area (Å²) in [5.74, 6) is -0.881. The van der Waals surface area contributed by atoms with E-state index in [1.807, 2.05) is 18.3 Å². The number of hydrogen-bond donors (Lipinski definition) is 2. The average Bonchev–Trinajstić information content (AvgIpc) is 2.57. The third kappa shape index (κ3) is 2.36. The van der Waals surface area contributed by atoms with Crippen LogP contribution in [0.25, 0.3) is 0 Å². The summed E-state index contributed by atoms with van der Waals surface area (Å²) < 4.78 is 13.4. The number of piperidine rings is 1. The van der Waals surface area contributed by atoms with E-state index < -0.39 is 5.82 Å². The molecule has 0 bridgehead atoms. The van der Waals surface area contributed by atoms with Gasteiger partial charge in [0.2, 0.25) is 0 Å². The molecule has 2 aromatic rings. The second-order valence-electron chi connectivity index (χ2n) is 6.53. The van der Waals surface area contributed by atoms with Crippen molar-refractivity contribution in [2.45, 2.75) is 18.9 Å². The summed E-state index contributed by atoms with van der Waals surface area (Å²) in [6, 6.07) is 10.7. The number of halogens is 1. The number of aromatic hydroxyl groups is 1. The van der Waals surface area contributed by atoms with Gasteiger partial charge in [-0.2, -0.15) is 0 Å². The van der Waals surface area contributed by atoms with Crippen molar-refractivity contribution in [3.05, 3.63) is 54.1 Å². The minimum absolute atomic E-state index is 0.177. The van der Waals surface area contributed by atoms with Crippen molar-refractivity contribution < 1.29 is 9.50 Å². The molecule has 23 heavy (non-hydrogen) atoms. The highest BCUT2D eigenvalue weighted by atomic mass is 19.1. The molecule has 5 heteroatoms. The zero-order valence-corrected chi connectivity index (χ0v) is 12.9. The van der Waals surface area contributed by atoms with E-state index in [0.29, 0.717) is 0 Å². The van der Waals surface area contributed by atoms with Crippen molar-refractivity contribution in [1.29, 1.82) is 0 Å². The van der Waals surface area contributed by atoms with Crippen LogP contribution in [0.3, 0.4) is 0 Å². The van der Waals surface area contributed by atoms with Crippen molar-refractivity contribution in [2.24, 2.45) is 5.41 Å². The van der Waals surface area contributed by atoms with E-state index in [2.05, 4.69) is 21.3 Å². The van der Waals surface area contributed by atoms with Gasteiger partial charge in [-0.25, -0.2) is 4.39 Å². The van der Waals surface area contributed by atoms with Crippen molar-refractivity contribution in [2.75, 3.05) is 24.5 Å². The molecular weight excluding hydrogens is 293 g/mol. The molecule has 2 fully saturated rings. The van der Waals surface area contributed by atoms with Crippen LogP contribution < -0.4 is 10.2 Å². The molecule has 1 aromatic carbocycles. The number of nitrogens with zero attached hydrogens (tertiary/aromatic N) is 2. The summed E-state index contributed by atoms with van der Waals surface area (Å²) in [5, 5.41) is 13.1. The molecule has 2 aliphatic heterocycles. The zero-order valence-electron chi connectivity index (χ0n) is 12.9. The first-order chi connectivity index (χ1) is 11.2. The maximum absolute atomic E-state index is 13.4. The van der Waals surface area contributed by atoms with Gasteiger partial charge < -0.3 is 15.3 Å². The van der Waals surface area contributed by atoms with Crippen LogP contribution in [0.4, 0.5) is 10.1 Å². The molecule has 0 saturated carbocycles. The minimum Gasteiger partial charge on any atom is -0.505 e. The molecule has 0 aliphatic carbocycles. The third-order valence-corrected chi connectivity index (χ3v) is 5.21. The van der Waals surface area contributed by atoms with E-state index in [9.17, 15) is 9.50 Å². The van der Waals surface area contributed by atoms with E-state index in [4.69, 9.17) is 0 Å². The second kappa shape index (κ2) is 5.49. The number of anilines is 1. The van der Waals surface area contributed by atoms with Gasteiger partial charge in [-0.1, -0.05) is 6.07 Å². The maximum Gasteiger partial charge on any atom is 0.164 e. The third-order valence-electron chi connectivity index (χ3n) is 5.21. The van der Waals surface area contributed by atoms with Gasteiger partial charge in [0.05, 0.1) is 11.7 Å². The molecule has 2 aliphatic rings. The Morgan fingerprint density at radius 2 is 2.04 bits per heavy atom. The van der Waals surface area contributed by atoms with Gasteiger partial charge in [0.1, 0.15) is 0 Å². The summed E-state index contributed by atoms with van der Waals surface area (Å²) in [7, 11) is 0. The Hall–Kier alpha value is -2.14. The summed E-state index contributed by atoms with van der Waals surface area (Å²) in [6.45, 7) is 2.96. The first-order valence-electron chi connectivity index (χ1n) is 8.06. The Morgan fingerprint density at radius 3 is 2.74 bits per heavy atom. The lowest BCUT2D eigenvalue weighted by Gasteiger charge is -2.60.